The standard InChI is InChI=1S/C9H10N4/c1-7-3-5-13(12-7)9-2-4-11-6-8(9)10/h2-6H,10H2,1H3. The van der Waals surface area contributed by atoms with Gasteiger partial charge in [0.1, 0.15) is 0 Å². The summed E-state index contributed by atoms with van der Waals surface area (Å²) in [5.74, 6) is 0. The van der Waals surface area contributed by atoms with E-state index in [1.54, 1.807) is 17.1 Å². The normalized spacial score (nSPS) is 10.2. The lowest BCUT2D eigenvalue weighted by Gasteiger charge is -2.03. The van der Waals surface area contributed by atoms with Gasteiger partial charge in [0.15, 0.2) is 0 Å². The van der Waals surface area contributed by atoms with Crippen LogP contribution in [0.3, 0.4) is 0 Å². The van der Waals surface area contributed by atoms with Gasteiger partial charge in [-0.15, -0.1) is 0 Å². The van der Waals surface area contributed by atoms with Crippen LogP contribution in [0.1, 0.15) is 5.69 Å². The molecule has 2 heterocycles. The van der Waals surface area contributed by atoms with Crippen LogP contribution in [0.2, 0.25) is 0 Å². The van der Waals surface area contributed by atoms with Crippen LogP contribution in [0.4, 0.5) is 5.69 Å². The van der Waals surface area contributed by atoms with E-state index in [9.17, 15) is 0 Å². The van der Waals surface area contributed by atoms with Gasteiger partial charge in [0, 0.05) is 12.4 Å². The van der Waals surface area contributed by atoms with Crippen molar-refractivity contribution in [1.29, 1.82) is 0 Å². The lowest BCUT2D eigenvalue weighted by molar-refractivity contribution is 0.862. The molecule has 0 atom stereocenters. The highest BCUT2D eigenvalue weighted by Gasteiger charge is 2.01. The van der Waals surface area contributed by atoms with Gasteiger partial charge in [-0.3, -0.25) is 4.98 Å². The molecule has 0 aliphatic carbocycles. The Labute approximate surface area is 76.0 Å². The molecule has 0 aliphatic heterocycles. The Hall–Kier alpha value is -1.84. The third kappa shape index (κ3) is 1.38. The second-order valence-electron chi connectivity index (χ2n) is 2.84. The van der Waals surface area contributed by atoms with Crippen molar-refractivity contribution in [3.8, 4) is 5.69 Å². The largest absolute Gasteiger partial charge is 0.396 e. The molecule has 0 aromatic carbocycles. The van der Waals surface area contributed by atoms with E-state index in [0.29, 0.717) is 5.69 Å². The molecule has 0 radical (unpaired) electrons. The summed E-state index contributed by atoms with van der Waals surface area (Å²) in [6.07, 6.45) is 5.19. The third-order valence-corrected chi connectivity index (χ3v) is 1.80. The van der Waals surface area contributed by atoms with E-state index in [2.05, 4.69) is 10.1 Å². The second kappa shape index (κ2) is 2.90. The van der Waals surface area contributed by atoms with Gasteiger partial charge in [-0.1, -0.05) is 0 Å². The fourth-order valence-electron chi connectivity index (χ4n) is 1.16. The van der Waals surface area contributed by atoms with E-state index < -0.39 is 0 Å². The highest BCUT2D eigenvalue weighted by atomic mass is 15.3. The average molecular weight is 174 g/mol. The van der Waals surface area contributed by atoms with Crippen LogP contribution in [0.15, 0.2) is 30.7 Å². The third-order valence-electron chi connectivity index (χ3n) is 1.80. The maximum absolute atomic E-state index is 5.74. The van der Waals surface area contributed by atoms with E-state index in [4.69, 9.17) is 5.73 Å². The molecule has 0 spiro atoms. The molecule has 0 saturated heterocycles. The predicted octanol–water partition coefficient (Wildman–Crippen LogP) is 1.16. The maximum Gasteiger partial charge on any atom is 0.0906 e. The Morgan fingerprint density at radius 2 is 2.23 bits per heavy atom. The summed E-state index contributed by atoms with van der Waals surface area (Å²) in [6, 6.07) is 3.77. The Kier molecular flexibility index (Phi) is 1.73. The van der Waals surface area contributed by atoms with Crippen LogP contribution in [-0.4, -0.2) is 14.8 Å². The molecule has 66 valence electrons. The molecule has 2 rings (SSSR count). The zero-order valence-electron chi connectivity index (χ0n) is 7.31. The van der Waals surface area contributed by atoms with Crippen LogP contribution in [-0.2, 0) is 0 Å². The van der Waals surface area contributed by atoms with Crippen LogP contribution in [0.5, 0.6) is 0 Å². The first-order chi connectivity index (χ1) is 6.27. The van der Waals surface area contributed by atoms with Crippen LogP contribution >= 0.6 is 0 Å². The molecule has 4 nitrogen and oxygen atoms in total. The molecule has 2 aromatic rings. The van der Waals surface area contributed by atoms with Crippen molar-refractivity contribution in [2.75, 3.05) is 5.73 Å². The molecule has 4 heteroatoms. The van der Waals surface area contributed by atoms with Crippen molar-refractivity contribution in [3.05, 3.63) is 36.4 Å². The molecule has 0 bridgehead atoms. The number of hydrogen-bond donors (Lipinski definition) is 1. The average Bonchev–Trinajstić information content (AvgIpc) is 2.53. The fourth-order valence-corrected chi connectivity index (χ4v) is 1.16. The number of nitrogens with zero attached hydrogens (tertiary/aromatic N) is 3. The van der Waals surface area contributed by atoms with E-state index in [0.717, 1.165) is 11.4 Å². The Balaban J connectivity index is 2.52. The van der Waals surface area contributed by atoms with Crippen molar-refractivity contribution in [3.63, 3.8) is 0 Å². The van der Waals surface area contributed by atoms with Crippen LogP contribution in [0.25, 0.3) is 5.69 Å². The number of pyridine rings is 1. The molecular formula is C9H10N4. The molecule has 13 heavy (non-hydrogen) atoms. The summed E-state index contributed by atoms with van der Waals surface area (Å²) < 4.78 is 1.74. The van der Waals surface area contributed by atoms with Crippen molar-refractivity contribution in [2.24, 2.45) is 0 Å². The van der Waals surface area contributed by atoms with Gasteiger partial charge in [0.25, 0.3) is 0 Å². The Bertz CT molecular complexity index is 419. The maximum atomic E-state index is 5.74. The number of hydrogen-bond acceptors (Lipinski definition) is 3. The zero-order chi connectivity index (χ0) is 9.26. The number of anilines is 1. The number of aromatic nitrogens is 3. The Morgan fingerprint density at radius 3 is 2.85 bits per heavy atom. The summed E-state index contributed by atoms with van der Waals surface area (Å²) in [6.45, 7) is 1.94. The number of nitrogen functional groups attached to an aromatic ring is 1. The van der Waals surface area contributed by atoms with Gasteiger partial charge in [0.05, 0.1) is 23.3 Å². The van der Waals surface area contributed by atoms with E-state index in [-0.39, 0.29) is 0 Å². The predicted molar refractivity (Wildman–Crippen MR) is 50.5 cm³/mol. The first-order valence-corrected chi connectivity index (χ1v) is 3.99. The summed E-state index contributed by atoms with van der Waals surface area (Å²) in [7, 11) is 0. The first kappa shape index (κ1) is 7.79. The summed E-state index contributed by atoms with van der Waals surface area (Å²) >= 11 is 0. The minimum absolute atomic E-state index is 0.630. The molecule has 0 saturated carbocycles. The minimum Gasteiger partial charge on any atom is -0.396 e. The summed E-state index contributed by atoms with van der Waals surface area (Å²) in [5, 5.41) is 4.25. The van der Waals surface area contributed by atoms with Gasteiger partial charge in [-0.05, 0) is 19.1 Å². The number of rotatable bonds is 1. The van der Waals surface area contributed by atoms with E-state index in [1.165, 1.54) is 0 Å². The molecule has 2 aromatic heterocycles. The molecule has 0 unspecified atom stereocenters. The minimum atomic E-state index is 0.630. The Morgan fingerprint density at radius 1 is 1.38 bits per heavy atom. The van der Waals surface area contributed by atoms with E-state index >= 15 is 0 Å². The summed E-state index contributed by atoms with van der Waals surface area (Å²) in [4.78, 5) is 3.91. The molecule has 0 amide bonds. The molecule has 2 N–H and O–H groups in total. The van der Waals surface area contributed by atoms with Gasteiger partial charge < -0.3 is 5.73 Å². The number of nitrogens with two attached hydrogens (primary N) is 1. The zero-order valence-corrected chi connectivity index (χ0v) is 7.31. The molecular weight excluding hydrogens is 164 g/mol. The van der Waals surface area contributed by atoms with Gasteiger partial charge in [-0.25, -0.2) is 4.68 Å². The highest BCUT2D eigenvalue weighted by molar-refractivity contribution is 5.54. The fraction of sp³-hybridized carbons (Fsp3) is 0.111. The quantitative estimate of drug-likeness (QED) is 0.705. The van der Waals surface area contributed by atoms with Gasteiger partial charge in [0.2, 0.25) is 0 Å². The highest BCUT2D eigenvalue weighted by Crippen LogP contribution is 2.13. The SMILES string of the molecule is Cc1ccn(-c2ccncc2N)n1. The number of aryl methyl sites for hydroxylation is 1. The van der Waals surface area contributed by atoms with Crippen LogP contribution in [0, 0.1) is 6.92 Å². The smallest absolute Gasteiger partial charge is 0.0906 e. The monoisotopic (exact) mass is 174 g/mol. The topological polar surface area (TPSA) is 56.7 Å². The van der Waals surface area contributed by atoms with Gasteiger partial charge >= 0.3 is 0 Å². The van der Waals surface area contributed by atoms with E-state index in [1.807, 2.05) is 25.3 Å². The lowest BCUT2D eigenvalue weighted by atomic mass is 10.3. The van der Waals surface area contributed by atoms with Crippen molar-refractivity contribution >= 4 is 5.69 Å². The molecule has 0 aliphatic rings. The van der Waals surface area contributed by atoms with Gasteiger partial charge in [-0.2, -0.15) is 5.10 Å². The molecule has 0 fully saturated rings. The van der Waals surface area contributed by atoms with Crippen molar-refractivity contribution < 1.29 is 0 Å². The van der Waals surface area contributed by atoms with Crippen molar-refractivity contribution in [1.82, 2.24) is 14.8 Å². The van der Waals surface area contributed by atoms with Crippen LogP contribution < -0.4 is 5.73 Å². The first-order valence-electron chi connectivity index (χ1n) is 3.99. The second-order valence-corrected chi connectivity index (χ2v) is 2.84. The van der Waals surface area contributed by atoms with Crippen molar-refractivity contribution in [2.45, 2.75) is 6.92 Å². The lowest BCUT2D eigenvalue weighted by Crippen LogP contribution is -2.00. The summed E-state index contributed by atoms with van der Waals surface area (Å²) in [5.41, 5.74) is 8.20.